The van der Waals surface area contributed by atoms with Gasteiger partial charge < -0.3 is 10.2 Å². The lowest BCUT2D eigenvalue weighted by molar-refractivity contribution is -0.159. The molecular weight excluding hydrogens is 235 g/mol. The van der Waals surface area contributed by atoms with Crippen LogP contribution >= 0.6 is 0 Å². The van der Waals surface area contributed by atoms with E-state index in [1.807, 2.05) is 11.8 Å². The van der Waals surface area contributed by atoms with Crippen molar-refractivity contribution in [2.24, 2.45) is 0 Å². The van der Waals surface area contributed by atoms with Crippen molar-refractivity contribution in [1.82, 2.24) is 15.1 Å². The zero-order valence-electron chi connectivity index (χ0n) is 10.0. The zero-order chi connectivity index (χ0) is 13.1. The van der Waals surface area contributed by atoms with Gasteiger partial charge in [-0.3, -0.25) is 9.69 Å². The number of halogens is 3. The van der Waals surface area contributed by atoms with Crippen LogP contribution in [0.5, 0.6) is 0 Å². The third-order valence-corrected chi connectivity index (χ3v) is 2.82. The van der Waals surface area contributed by atoms with Crippen molar-refractivity contribution in [2.45, 2.75) is 19.1 Å². The van der Waals surface area contributed by atoms with E-state index in [4.69, 9.17) is 0 Å². The van der Waals surface area contributed by atoms with E-state index >= 15 is 0 Å². The van der Waals surface area contributed by atoms with Gasteiger partial charge in [-0.05, 0) is 6.92 Å². The molecule has 1 atom stereocenters. The normalized spacial score (nSPS) is 22.5. The zero-order valence-corrected chi connectivity index (χ0v) is 10.0. The molecule has 1 amide bonds. The summed E-state index contributed by atoms with van der Waals surface area (Å²) in [5, 5.41) is 3.16. The molecule has 0 bridgehead atoms. The minimum absolute atomic E-state index is 0.0510. The first-order valence-corrected chi connectivity index (χ1v) is 5.55. The average Bonchev–Trinajstić information content (AvgIpc) is 2.18. The first-order valence-electron chi connectivity index (χ1n) is 5.55. The summed E-state index contributed by atoms with van der Waals surface area (Å²) in [4.78, 5) is 14.2. The molecule has 0 aliphatic carbocycles. The van der Waals surface area contributed by atoms with E-state index in [-0.39, 0.29) is 12.6 Å². The smallest absolute Gasteiger partial charge is 0.336 e. The molecule has 1 aliphatic heterocycles. The van der Waals surface area contributed by atoms with Gasteiger partial charge in [0.2, 0.25) is 5.91 Å². The predicted molar refractivity (Wildman–Crippen MR) is 57.6 cm³/mol. The van der Waals surface area contributed by atoms with E-state index in [0.717, 1.165) is 18.0 Å². The lowest BCUT2D eigenvalue weighted by atomic mass is 10.2. The monoisotopic (exact) mass is 253 g/mol. The van der Waals surface area contributed by atoms with Gasteiger partial charge in [-0.25, -0.2) is 0 Å². The average molecular weight is 253 g/mol. The number of likely N-dealkylation sites (N-methyl/N-ethyl adjacent to an activating group) is 1. The van der Waals surface area contributed by atoms with Crippen LogP contribution in [0.1, 0.15) is 6.92 Å². The van der Waals surface area contributed by atoms with Crippen molar-refractivity contribution < 1.29 is 18.0 Å². The Bertz CT molecular complexity index is 270. The van der Waals surface area contributed by atoms with Crippen LogP contribution in [0, 0.1) is 0 Å². The number of nitrogens with one attached hydrogen (secondary N) is 1. The van der Waals surface area contributed by atoms with Crippen LogP contribution in [0.4, 0.5) is 13.2 Å². The molecule has 0 saturated carbocycles. The number of nitrogens with zero attached hydrogens (tertiary/aromatic N) is 2. The molecule has 17 heavy (non-hydrogen) atoms. The maximum Gasteiger partial charge on any atom is 0.406 e. The van der Waals surface area contributed by atoms with Crippen LogP contribution in [0.15, 0.2) is 0 Å². The molecule has 1 saturated heterocycles. The minimum Gasteiger partial charge on any atom is -0.336 e. The van der Waals surface area contributed by atoms with Crippen LogP contribution < -0.4 is 5.32 Å². The Morgan fingerprint density at radius 3 is 2.71 bits per heavy atom. The van der Waals surface area contributed by atoms with Crippen molar-refractivity contribution in [3.05, 3.63) is 0 Å². The minimum atomic E-state index is -4.33. The van der Waals surface area contributed by atoms with Gasteiger partial charge in [0, 0.05) is 32.7 Å². The standard InChI is InChI=1S/C10H18F3N3O/c1-8-5-14-3-4-16(8)6-9(17)15(2)7-10(11,12)13/h8,14H,3-7H2,1-2H3/t8-/m1/s1. The second-order valence-corrected chi connectivity index (χ2v) is 4.39. The fourth-order valence-electron chi connectivity index (χ4n) is 1.77. The highest BCUT2D eigenvalue weighted by Gasteiger charge is 2.32. The lowest BCUT2D eigenvalue weighted by Crippen LogP contribution is -2.53. The highest BCUT2D eigenvalue weighted by atomic mass is 19.4. The van der Waals surface area contributed by atoms with E-state index in [0.29, 0.717) is 6.54 Å². The summed E-state index contributed by atoms with van der Waals surface area (Å²) >= 11 is 0. The number of hydrogen-bond acceptors (Lipinski definition) is 3. The van der Waals surface area contributed by atoms with Crippen LogP contribution in [0.3, 0.4) is 0 Å². The molecule has 0 spiro atoms. The number of alkyl halides is 3. The van der Waals surface area contributed by atoms with Gasteiger partial charge in [0.1, 0.15) is 6.54 Å². The summed E-state index contributed by atoms with van der Waals surface area (Å²) in [5.74, 6) is -0.490. The SMILES string of the molecule is C[C@@H]1CNCCN1CC(=O)N(C)CC(F)(F)F. The van der Waals surface area contributed by atoms with E-state index < -0.39 is 18.6 Å². The number of piperazine rings is 1. The molecule has 0 aromatic heterocycles. The maximum absolute atomic E-state index is 12.1. The molecule has 100 valence electrons. The lowest BCUT2D eigenvalue weighted by Gasteiger charge is -2.34. The number of carbonyl (C=O) groups is 1. The van der Waals surface area contributed by atoms with Gasteiger partial charge in [-0.2, -0.15) is 13.2 Å². The van der Waals surface area contributed by atoms with Gasteiger partial charge >= 0.3 is 6.18 Å². The molecule has 0 aromatic rings. The van der Waals surface area contributed by atoms with Gasteiger partial charge in [0.25, 0.3) is 0 Å². The molecule has 1 N–H and O–H groups in total. The summed E-state index contributed by atoms with van der Waals surface area (Å²) in [5.41, 5.74) is 0. The molecular formula is C10H18F3N3O. The quantitative estimate of drug-likeness (QED) is 0.786. The van der Waals surface area contributed by atoms with E-state index in [1.54, 1.807) is 0 Å². The summed E-state index contributed by atoms with van der Waals surface area (Å²) in [6.07, 6.45) is -4.33. The van der Waals surface area contributed by atoms with Gasteiger partial charge in [-0.1, -0.05) is 0 Å². The highest BCUT2D eigenvalue weighted by Crippen LogP contribution is 2.15. The van der Waals surface area contributed by atoms with Gasteiger partial charge in [-0.15, -0.1) is 0 Å². The Hall–Kier alpha value is -0.820. The first kappa shape index (κ1) is 14.2. The van der Waals surface area contributed by atoms with E-state index in [9.17, 15) is 18.0 Å². The van der Waals surface area contributed by atoms with E-state index in [1.165, 1.54) is 7.05 Å². The molecule has 0 unspecified atom stereocenters. The largest absolute Gasteiger partial charge is 0.406 e. The topological polar surface area (TPSA) is 35.6 Å². The molecule has 1 rings (SSSR count). The van der Waals surface area contributed by atoms with Gasteiger partial charge in [0.15, 0.2) is 0 Å². The Morgan fingerprint density at radius 1 is 1.53 bits per heavy atom. The third kappa shape index (κ3) is 4.91. The summed E-state index contributed by atoms with van der Waals surface area (Å²) < 4.78 is 36.3. The highest BCUT2D eigenvalue weighted by molar-refractivity contribution is 5.78. The third-order valence-electron chi connectivity index (χ3n) is 2.82. The molecule has 1 heterocycles. The fraction of sp³-hybridized carbons (Fsp3) is 0.900. The Balaban J connectivity index is 2.42. The van der Waals surface area contributed by atoms with Crippen molar-refractivity contribution in [3.63, 3.8) is 0 Å². The fourth-order valence-corrected chi connectivity index (χ4v) is 1.77. The molecule has 1 aliphatic rings. The first-order chi connectivity index (χ1) is 7.79. The molecule has 4 nitrogen and oxygen atoms in total. The van der Waals surface area contributed by atoms with Crippen molar-refractivity contribution in [2.75, 3.05) is 39.8 Å². The predicted octanol–water partition coefficient (Wildman–Crippen LogP) is 0.301. The van der Waals surface area contributed by atoms with Crippen LogP contribution in [-0.2, 0) is 4.79 Å². The number of carbonyl (C=O) groups excluding carboxylic acids is 1. The number of hydrogen-bond donors (Lipinski definition) is 1. The number of rotatable bonds is 3. The Labute approximate surface area is 98.7 Å². The maximum atomic E-state index is 12.1. The number of amides is 1. The molecule has 0 aromatic carbocycles. The van der Waals surface area contributed by atoms with Crippen molar-refractivity contribution >= 4 is 5.91 Å². The summed E-state index contributed by atoms with van der Waals surface area (Å²) in [6, 6.07) is 0.173. The molecule has 1 fully saturated rings. The van der Waals surface area contributed by atoms with Gasteiger partial charge in [0.05, 0.1) is 6.54 Å². The molecule has 0 radical (unpaired) electrons. The van der Waals surface area contributed by atoms with Crippen molar-refractivity contribution in [1.29, 1.82) is 0 Å². The van der Waals surface area contributed by atoms with Crippen LogP contribution in [0.2, 0.25) is 0 Å². The van der Waals surface area contributed by atoms with E-state index in [2.05, 4.69) is 5.32 Å². The summed E-state index contributed by atoms with van der Waals surface area (Å²) in [7, 11) is 1.18. The Kier molecular flexibility index (Phi) is 4.76. The summed E-state index contributed by atoms with van der Waals surface area (Å²) in [6.45, 7) is 3.02. The molecule has 7 heteroatoms. The Morgan fingerprint density at radius 2 is 2.18 bits per heavy atom. The second-order valence-electron chi connectivity index (χ2n) is 4.39. The van der Waals surface area contributed by atoms with Crippen LogP contribution in [0.25, 0.3) is 0 Å². The van der Waals surface area contributed by atoms with Crippen molar-refractivity contribution in [3.8, 4) is 0 Å². The van der Waals surface area contributed by atoms with Crippen LogP contribution in [-0.4, -0.2) is 67.7 Å². The second kappa shape index (κ2) is 5.68.